The number of rotatable bonds is 9. The number of sulfonamides is 1. The van der Waals surface area contributed by atoms with Gasteiger partial charge in [-0.15, -0.1) is 12.4 Å². The molecule has 0 radical (unpaired) electrons. The van der Waals surface area contributed by atoms with E-state index in [0.29, 0.717) is 25.2 Å². The Hall–Kier alpha value is -1.15. The molecule has 0 aliphatic carbocycles. The van der Waals surface area contributed by atoms with Crippen molar-refractivity contribution in [3.63, 3.8) is 0 Å². The van der Waals surface area contributed by atoms with Gasteiger partial charge in [0.05, 0.1) is 4.90 Å². The lowest BCUT2D eigenvalue weighted by Crippen LogP contribution is -2.31. The highest BCUT2D eigenvalue weighted by Crippen LogP contribution is 2.19. The van der Waals surface area contributed by atoms with E-state index in [1.807, 2.05) is 7.05 Å². The molecule has 138 valence electrons. The molecule has 0 saturated carbocycles. The van der Waals surface area contributed by atoms with Crippen LogP contribution in [0.3, 0.4) is 0 Å². The molecular formula is C16H28ClN3O3S. The van der Waals surface area contributed by atoms with Crippen LogP contribution in [0, 0.1) is 6.92 Å². The lowest BCUT2D eigenvalue weighted by Gasteiger charge is -2.19. The average Bonchev–Trinajstić information content (AvgIpc) is 2.52. The summed E-state index contributed by atoms with van der Waals surface area (Å²) < 4.78 is 26.5. The molecule has 1 aromatic rings. The molecule has 1 amide bonds. The molecule has 0 fully saturated rings. The van der Waals surface area contributed by atoms with Crippen molar-refractivity contribution in [3.05, 3.63) is 29.3 Å². The molecule has 0 unspecified atom stereocenters. The van der Waals surface area contributed by atoms with Crippen LogP contribution in [-0.4, -0.2) is 51.9 Å². The maximum Gasteiger partial charge on any atom is 0.251 e. The normalized spacial score (nSPS) is 11.2. The summed E-state index contributed by atoms with van der Waals surface area (Å²) in [5, 5.41) is 5.83. The minimum atomic E-state index is -3.56. The average molecular weight is 378 g/mol. The van der Waals surface area contributed by atoms with E-state index < -0.39 is 10.0 Å². The lowest BCUT2D eigenvalue weighted by atomic mass is 10.1. The van der Waals surface area contributed by atoms with Crippen molar-refractivity contribution in [1.29, 1.82) is 0 Å². The van der Waals surface area contributed by atoms with Gasteiger partial charge in [0.25, 0.3) is 5.91 Å². The quantitative estimate of drug-likeness (QED) is 0.643. The van der Waals surface area contributed by atoms with Crippen LogP contribution >= 0.6 is 12.4 Å². The van der Waals surface area contributed by atoms with Gasteiger partial charge in [0.15, 0.2) is 0 Å². The number of benzene rings is 1. The van der Waals surface area contributed by atoms with Gasteiger partial charge in [0, 0.05) is 25.2 Å². The smallest absolute Gasteiger partial charge is 0.251 e. The number of carbonyl (C=O) groups is 1. The Labute approximate surface area is 151 Å². The summed E-state index contributed by atoms with van der Waals surface area (Å²) in [6.45, 7) is 7.56. The zero-order chi connectivity index (χ0) is 17.5. The monoisotopic (exact) mass is 377 g/mol. The van der Waals surface area contributed by atoms with E-state index in [1.54, 1.807) is 32.9 Å². The lowest BCUT2D eigenvalue weighted by molar-refractivity contribution is 0.0952. The molecule has 8 heteroatoms. The first-order valence-corrected chi connectivity index (χ1v) is 9.36. The fourth-order valence-corrected chi connectivity index (χ4v) is 3.77. The highest BCUT2D eigenvalue weighted by atomic mass is 35.5. The van der Waals surface area contributed by atoms with Crippen LogP contribution in [0.15, 0.2) is 23.1 Å². The Kier molecular flexibility index (Phi) is 10.1. The number of carbonyl (C=O) groups excluding carboxylic acids is 1. The van der Waals surface area contributed by atoms with Crippen molar-refractivity contribution in [2.45, 2.75) is 32.1 Å². The Morgan fingerprint density at radius 2 is 1.79 bits per heavy atom. The van der Waals surface area contributed by atoms with Crippen LogP contribution in [0.2, 0.25) is 0 Å². The summed E-state index contributed by atoms with van der Waals surface area (Å²) >= 11 is 0. The van der Waals surface area contributed by atoms with Crippen LogP contribution in [0.5, 0.6) is 0 Å². The van der Waals surface area contributed by atoms with E-state index in [4.69, 9.17) is 0 Å². The van der Waals surface area contributed by atoms with E-state index in [0.717, 1.165) is 18.5 Å². The van der Waals surface area contributed by atoms with E-state index in [-0.39, 0.29) is 23.2 Å². The molecule has 0 bridgehead atoms. The summed E-state index contributed by atoms with van der Waals surface area (Å²) in [5.41, 5.74) is 1.16. The number of nitrogens with one attached hydrogen (secondary N) is 2. The van der Waals surface area contributed by atoms with Crippen molar-refractivity contribution >= 4 is 28.3 Å². The van der Waals surface area contributed by atoms with E-state index in [9.17, 15) is 13.2 Å². The first-order chi connectivity index (χ1) is 10.9. The van der Waals surface area contributed by atoms with Gasteiger partial charge < -0.3 is 10.6 Å². The van der Waals surface area contributed by atoms with Crippen LogP contribution in [0.4, 0.5) is 0 Å². The molecule has 0 atom stereocenters. The summed E-state index contributed by atoms with van der Waals surface area (Å²) in [4.78, 5) is 12.4. The first kappa shape index (κ1) is 22.9. The largest absolute Gasteiger partial charge is 0.352 e. The van der Waals surface area contributed by atoms with Gasteiger partial charge in [-0.2, -0.15) is 4.31 Å². The second kappa shape index (κ2) is 10.7. The molecule has 0 spiro atoms. The van der Waals surface area contributed by atoms with Gasteiger partial charge >= 0.3 is 0 Å². The molecule has 0 heterocycles. The van der Waals surface area contributed by atoms with Gasteiger partial charge in [-0.1, -0.05) is 19.9 Å². The number of aryl methyl sites for hydroxylation is 1. The minimum Gasteiger partial charge on any atom is -0.352 e. The molecule has 1 rings (SSSR count). The Balaban J connectivity index is 0.00000529. The highest BCUT2D eigenvalue weighted by Gasteiger charge is 2.23. The van der Waals surface area contributed by atoms with Gasteiger partial charge in [0.1, 0.15) is 0 Å². The SMILES string of the molecule is CCN(CC)S(=O)(=O)c1ccc(C)c(C(=O)NCCCNC)c1.Cl. The van der Waals surface area contributed by atoms with Crippen LogP contribution in [0.25, 0.3) is 0 Å². The summed E-state index contributed by atoms with van der Waals surface area (Å²) in [6.07, 6.45) is 0.818. The fourth-order valence-electron chi connectivity index (χ4n) is 2.28. The summed E-state index contributed by atoms with van der Waals surface area (Å²) in [7, 11) is -1.71. The molecule has 0 aliphatic rings. The van der Waals surface area contributed by atoms with E-state index >= 15 is 0 Å². The number of amides is 1. The third kappa shape index (κ3) is 5.73. The number of hydrogen-bond acceptors (Lipinski definition) is 4. The van der Waals surface area contributed by atoms with Crippen molar-refractivity contribution in [2.75, 3.05) is 33.2 Å². The zero-order valence-corrected chi connectivity index (χ0v) is 16.4. The predicted molar refractivity (Wildman–Crippen MR) is 99.4 cm³/mol. The zero-order valence-electron chi connectivity index (χ0n) is 14.8. The topological polar surface area (TPSA) is 78.5 Å². The Bertz CT molecular complexity index is 631. The minimum absolute atomic E-state index is 0. The highest BCUT2D eigenvalue weighted by molar-refractivity contribution is 7.89. The molecule has 2 N–H and O–H groups in total. The molecule has 0 aromatic heterocycles. The van der Waals surface area contributed by atoms with Gasteiger partial charge in [-0.05, 0) is 44.6 Å². The first-order valence-electron chi connectivity index (χ1n) is 7.92. The maximum atomic E-state index is 12.6. The van der Waals surface area contributed by atoms with Crippen LogP contribution in [0.1, 0.15) is 36.2 Å². The molecule has 0 aliphatic heterocycles. The second-order valence-electron chi connectivity index (χ2n) is 5.28. The molecule has 24 heavy (non-hydrogen) atoms. The van der Waals surface area contributed by atoms with Crippen molar-refractivity contribution < 1.29 is 13.2 Å². The standard InChI is InChI=1S/C16H27N3O3S.ClH/c1-5-19(6-2)23(21,22)14-9-8-13(3)15(12-14)16(20)18-11-7-10-17-4;/h8-9,12,17H,5-7,10-11H2,1-4H3,(H,18,20);1H. The van der Waals surface area contributed by atoms with Crippen molar-refractivity contribution in [1.82, 2.24) is 14.9 Å². The third-order valence-corrected chi connectivity index (χ3v) is 5.73. The van der Waals surface area contributed by atoms with Crippen LogP contribution in [-0.2, 0) is 10.0 Å². The number of nitrogens with zero attached hydrogens (tertiary/aromatic N) is 1. The number of hydrogen-bond donors (Lipinski definition) is 2. The van der Waals surface area contributed by atoms with Gasteiger partial charge in [0.2, 0.25) is 10.0 Å². The molecule has 6 nitrogen and oxygen atoms in total. The Morgan fingerprint density at radius 1 is 1.17 bits per heavy atom. The van der Waals surface area contributed by atoms with E-state index in [1.165, 1.54) is 10.4 Å². The summed E-state index contributed by atoms with van der Waals surface area (Å²) in [5.74, 6) is -0.241. The van der Waals surface area contributed by atoms with Gasteiger partial charge in [-0.3, -0.25) is 4.79 Å². The van der Waals surface area contributed by atoms with Gasteiger partial charge in [-0.25, -0.2) is 8.42 Å². The fraction of sp³-hybridized carbons (Fsp3) is 0.562. The number of halogens is 1. The van der Waals surface area contributed by atoms with Crippen LogP contribution < -0.4 is 10.6 Å². The van der Waals surface area contributed by atoms with Crippen molar-refractivity contribution in [3.8, 4) is 0 Å². The molecule has 1 aromatic carbocycles. The maximum absolute atomic E-state index is 12.6. The second-order valence-corrected chi connectivity index (χ2v) is 7.22. The molecular weight excluding hydrogens is 350 g/mol. The third-order valence-electron chi connectivity index (χ3n) is 3.69. The summed E-state index contributed by atoms with van der Waals surface area (Å²) in [6, 6.07) is 4.70. The Morgan fingerprint density at radius 3 is 2.33 bits per heavy atom. The van der Waals surface area contributed by atoms with Crippen molar-refractivity contribution in [2.24, 2.45) is 0 Å². The molecule has 0 saturated heterocycles. The predicted octanol–water partition coefficient (Wildman–Crippen LogP) is 1.79. The van der Waals surface area contributed by atoms with E-state index in [2.05, 4.69) is 10.6 Å².